The van der Waals surface area contributed by atoms with Gasteiger partial charge in [0.2, 0.25) is 5.91 Å². The minimum absolute atomic E-state index is 0.0316. The molecule has 0 saturated carbocycles. The van der Waals surface area contributed by atoms with Gasteiger partial charge in [0.1, 0.15) is 0 Å². The lowest BCUT2D eigenvalue weighted by Crippen LogP contribution is -2.37. The van der Waals surface area contributed by atoms with Gasteiger partial charge in [0.25, 0.3) is 0 Å². The summed E-state index contributed by atoms with van der Waals surface area (Å²) < 4.78 is 4.73. The Bertz CT molecular complexity index is 474. The maximum Gasteiger partial charge on any atom is 0.338 e. The summed E-state index contributed by atoms with van der Waals surface area (Å²) in [4.78, 5) is 24.2. The molecule has 20 heavy (non-hydrogen) atoms. The molecule has 0 spiro atoms. The summed E-state index contributed by atoms with van der Waals surface area (Å²) >= 11 is 1.34. The lowest BCUT2D eigenvalue weighted by molar-refractivity contribution is -0.119. The lowest BCUT2D eigenvalue weighted by atomic mass is 10.1. The average Bonchev–Trinajstić information content (AvgIpc) is 2.44. The predicted molar refractivity (Wildman–Crippen MR) is 80.9 cm³/mol. The third-order valence-electron chi connectivity index (χ3n) is 3.04. The predicted octanol–water partition coefficient (Wildman–Crippen LogP) is 2.73. The number of hydrogen-bond donors (Lipinski definition) is 1. The smallest absolute Gasteiger partial charge is 0.338 e. The molecule has 0 saturated heterocycles. The second-order valence-corrected chi connectivity index (χ2v) is 5.89. The summed E-state index contributed by atoms with van der Waals surface area (Å²) in [5.74, 6) is 0.261. The van der Waals surface area contributed by atoms with Crippen molar-refractivity contribution in [3.63, 3.8) is 0 Å². The number of esters is 1. The molecule has 0 bridgehead atoms. The Hall–Kier alpha value is -1.49. The zero-order valence-corrected chi connectivity index (χ0v) is 13.1. The Morgan fingerprint density at radius 1 is 1.25 bits per heavy atom. The summed E-state index contributed by atoms with van der Waals surface area (Å²) in [5, 5.41) is 2.94. The second-order valence-electron chi connectivity index (χ2n) is 4.88. The summed E-state index contributed by atoms with van der Waals surface area (Å²) in [7, 11) is 1.35. The van der Waals surface area contributed by atoms with E-state index in [1.165, 1.54) is 18.9 Å². The quantitative estimate of drug-likeness (QED) is 0.647. The molecule has 0 aliphatic carbocycles. The van der Waals surface area contributed by atoms with Crippen LogP contribution in [0.15, 0.2) is 29.2 Å². The number of rotatable bonds is 6. The van der Waals surface area contributed by atoms with Crippen LogP contribution in [0.25, 0.3) is 0 Å². The van der Waals surface area contributed by atoms with Gasteiger partial charge >= 0.3 is 5.97 Å². The van der Waals surface area contributed by atoms with Gasteiger partial charge in [-0.15, -0.1) is 11.8 Å². The zero-order chi connectivity index (χ0) is 15.1. The van der Waals surface area contributed by atoms with Gasteiger partial charge in [-0.05, 0) is 25.0 Å². The van der Waals surface area contributed by atoms with Crippen LogP contribution in [-0.4, -0.2) is 30.8 Å². The van der Waals surface area contributed by atoms with Crippen molar-refractivity contribution in [2.24, 2.45) is 5.92 Å². The van der Waals surface area contributed by atoms with Gasteiger partial charge in [-0.2, -0.15) is 0 Å². The molecule has 1 unspecified atom stereocenters. The number of nitrogens with one attached hydrogen (secondary N) is 1. The highest BCUT2D eigenvalue weighted by molar-refractivity contribution is 8.00. The molecule has 0 radical (unpaired) electrons. The van der Waals surface area contributed by atoms with Gasteiger partial charge < -0.3 is 10.1 Å². The van der Waals surface area contributed by atoms with E-state index in [0.29, 0.717) is 11.5 Å². The van der Waals surface area contributed by atoms with Crippen molar-refractivity contribution < 1.29 is 14.3 Å². The third-order valence-corrected chi connectivity index (χ3v) is 4.11. The van der Waals surface area contributed by atoms with Crippen molar-refractivity contribution in [3.05, 3.63) is 29.8 Å². The Balaban J connectivity index is 2.62. The van der Waals surface area contributed by atoms with E-state index in [2.05, 4.69) is 19.2 Å². The van der Waals surface area contributed by atoms with Crippen LogP contribution in [-0.2, 0) is 9.53 Å². The number of ether oxygens (including phenoxy) is 1. The molecule has 1 rings (SSSR count). The Morgan fingerprint density at radius 2 is 1.90 bits per heavy atom. The van der Waals surface area contributed by atoms with Crippen LogP contribution in [0.4, 0.5) is 0 Å². The molecule has 0 aromatic heterocycles. The van der Waals surface area contributed by atoms with Crippen molar-refractivity contribution >= 4 is 23.6 Å². The number of amides is 1. The minimum Gasteiger partial charge on any atom is -0.465 e. The number of benzene rings is 1. The van der Waals surface area contributed by atoms with E-state index >= 15 is 0 Å². The average molecular weight is 295 g/mol. The van der Waals surface area contributed by atoms with Crippen LogP contribution in [0, 0.1) is 5.92 Å². The molecule has 1 N–H and O–H groups in total. The fraction of sp³-hybridized carbons (Fsp3) is 0.467. The van der Waals surface area contributed by atoms with Gasteiger partial charge in [0.15, 0.2) is 0 Å². The lowest BCUT2D eigenvalue weighted by Gasteiger charge is -2.17. The summed E-state index contributed by atoms with van der Waals surface area (Å²) in [5.41, 5.74) is 0.490. The number of methoxy groups -OCH3 is 1. The molecule has 0 fully saturated rings. The molecule has 4 nitrogen and oxygen atoms in total. The molecular formula is C15H21NO3S. The van der Waals surface area contributed by atoms with E-state index in [1.54, 1.807) is 12.1 Å². The van der Waals surface area contributed by atoms with Crippen LogP contribution >= 0.6 is 11.8 Å². The first kappa shape index (κ1) is 16.6. The van der Waals surface area contributed by atoms with Crippen molar-refractivity contribution in [2.45, 2.75) is 31.7 Å². The highest BCUT2D eigenvalue weighted by Gasteiger charge is 2.14. The first-order valence-electron chi connectivity index (χ1n) is 6.55. The number of thioether (sulfide) groups is 1. The second kappa shape index (κ2) is 7.94. The van der Waals surface area contributed by atoms with Crippen LogP contribution in [0.5, 0.6) is 0 Å². The number of carbonyl (C=O) groups is 2. The van der Waals surface area contributed by atoms with Gasteiger partial charge in [0.05, 0.1) is 18.4 Å². The van der Waals surface area contributed by atoms with Crippen LogP contribution in [0.3, 0.4) is 0 Å². The Morgan fingerprint density at radius 3 is 2.50 bits per heavy atom. The molecule has 0 heterocycles. The maximum atomic E-state index is 11.8. The molecule has 1 amide bonds. The third kappa shape index (κ3) is 4.89. The SMILES string of the molecule is COC(=O)c1ccccc1SCC(=O)NC(C)C(C)C. The number of hydrogen-bond acceptors (Lipinski definition) is 4. The van der Waals surface area contributed by atoms with E-state index in [4.69, 9.17) is 4.74 Å². The van der Waals surface area contributed by atoms with Crippen LogP contribution < -0.4 is 5.32 Å². The van der Waals surface area contributed by atoms with Crippen LogP contribution in [0.2, 0.25) is 0 Å². The topological polar surface area (TPSA) is 55.4 Å². The summed E-state index contributed by atoms with van der Waals surface area (Å²) in [6.45, 7) is 6.10. The molecule has 1 aromatic rings. The molecule has 0 aliphatic rings. The van der Waals surface area contributed by atoms with Crippen LogP contribution in [0.1, 0.15) is 31.1 Å². The molecule has 5 heteroatoms. The van der Waals surface area contributed by atoms with E-state index < -0.39 is 0 Å². The highest BCUT2D eigenvalue weighted by Crippen LogP contribution is 2.23. The van der Waals surface area contributed by atoms with Gasteiger partial charge in [-0.25, -0.2) is 4.79 Å². The zero-order valence-electron chi connectivity index (χ0n) is 12.3. The fourth-order valence-corrected chi connectivity index (χ4v) is 2.33. The van der Waals surface area contributed by atoms with Gasteiger partial charge in [-0.1, -0.05) is 26.0 Å². The van der Waals surface area contributed by atoms with E-state index in [1.807, 2.05) is 19.1 Å². The summed E-state index contributed by atoms with van der Waals surface area (Å²) in [6.07, 6.45) is 0. The normalized spacial score (nSPS) is 12.1. The molecule has 1 atom stereocenters. The minimum atomic E-state index is -0.385. The van der Waals surface area contributed by atoms with Crippen molar-refractivity contribution in [2.75, 3.05) is 12.9 Å². The van der Waals surface area contributed by atoms with Gasteiger partial charge in [0, 0.05) is 10.9 Å². The van der Waals surface area contributed by atoms with E-state index in [0.717, 1.165) is 4.90 Å². The highest BCUT2D eigenvalue weighted by atomic mass is 32.2. The Labute approximate surface area is 124 Å². The molecule has 0 aliphatic heterocycles. The number of carbonyl (C=O) groups excluding carboxylic acids is 2. The Kier molecular flexibility index (Phi) is 6.58. The van der Waals surface area contributed by atoms with Crippen molar-refractivity contribution in [1.82, 2.24) is 5.32 Å². The van der Waals surface area contributed by atoms with Gasteiger partial charge in [-0.3, -0.25) is 4.79 Å². The fourth-order valence-electron chi connectivity index (χ4n) is 1.48. The summed E-state index contributed by atoms with van der Waals surface area (Å²) in [6, 6.07) is 7.26. The van der Waals surface area contributed by atoms with E-state index in [9.17, 15) is 9.59 Å². The first-order valence-corrected chi connectivity index (χ1v) is 7.53. The largest absolute Gasteiger partial charge is 0.465 e. The first-order chi connectivity index (χ1) is 9.45. The molecular weight excluding hydrogens is 274 g/mol. The standard InChI is InChI=1S/C15H21NO3S/c1-10(2)11(3)16-14(17)9-20-13-8-6-5-7-12(13)15(18)19-4/h5-8,10-11H,9H2,1-4H3,(H,16,17). The maximum absolute atomic E-state index is 11.8. The monoisotopic (exact) mass is 295 g/mol. The molecule has 1 aromatic carbocycles. The van der Waals surface area contributed by atoms with E-state index in [-0.39, 0.29) is 23.7 Å². The van der Waals surface area contributed by atoms with Crippen molar-refractivity contribution in [1.29, 1.82) is 0 Å². The van der Waals surface area contributed by atoms with Crippen molar-refractivity contribution in [3.8, 4) is 0 Å². The molecule has 110 valence electrons.